The van der Waals surface area contributed by atoms with E-state index in [1.807, 2.05) is 6.92 Å². The van der Waals surface area contributed by atoms with Gasteiger partial charge in [-0.05, 0) is 31.4 Å². The fraction of sp³-hybridized carbons (Fsp3) is 0.533. The molecule has 1 saturated carbocycles. The van der Waals surface area contributed by atoms with Gasteiger partial charge in [0.15, 0.2) is 0 Å². The zero-order chi connectivity index (χ0) is 13.7. The molecule has 1 heterocycles. The molecule has 2 rings (SSSR count). The molecule has 0 atom stereocenters. The Morgan fingerprint density at radius 2 is 2.05 bits per heavy atom. The predicted molar refractivity (Wildman–Crippen MR) is 72.5 cm³/mol. The van der Waals surface area contributed by atoms with Gasteiger partial charge in [-0.3, -0.25) is 9.78 Å². The lowest BCUT2D eigenvalue weighted by Crippen LogP contribution is -2.47. The molecule has 0 saturated heterocycles. The minimum Gasteiger partial charge on any atom is -0.334 e. The van der Waals surface area contributed by atoms with Crippen LogP contribution in [-0.4, -0.2) is 16.4 Å². The van der Waals surface area contributed by atoms with Crippen molar-refractivity contribution in [1.29, 1.82) is 5.26 Å². The van der Waals surface area contributed by atoms with Crippen LogP contribution in [0.4, 0.5) is 0 Å². The summed E-state index contributed by atoms with van der Waals surface area (Å²) < 4.78 is 0. The van der Waals surface area contributed by atoms with Crippen LogP contribution in [0.5, 0.6) is 0 Å². The van der Waals surface area contributed by atoms with Gasteiger partial charge in [-0.25, -0.2) is 0 Å². The maximum absolute atomic E-state index is 12.3. The fourth-order valence-electron chi connectivity index (χ4n) is 2.58. The van der Waals surface area contributed by atoms with Gasteiger partial charge in [0.2, 0.25) is 0 Å². The third-order valence-electron chi connectivity index (χ3n) is 3.81. The predicted octanol–water partition coefficient (Wildman–Crippen LogP) is 2.74. The molecule has 0 radical (unpaired) electrons. The molecule has 4 heteroatoms. The zero-order valence-corrected chi connectivity index (χ0v) is 11.3. The molecule has 1 aromatic rings. The van der Waals surface area contributed by atoms with E-state index in [0.29, 0.717) is 5.56 Å². The second-order valence-corrected chi connectivity index (χ2v) is 5.25. The zero-order valence-electron chi connectivity index (χ0n) is 11.3. The summed E-state index contributed by atoms with van der Waals surface area (Å²) in [6, 6.07) is 4.13. The number of pyridine rings is 1. The summed E-state index contributed by atoms with van der Waals surface area (Å²) in [5.74, 6) is -0.186. The second kappa shape index (κ2) is 5.83. The number of rotatable bonds is 2. The average molecular weight is 257 g/mol. The monoisotopic (exact) mass is 257 g/mol. The second-order valence-electron chi connectivity index (χ2n) is 5.25. The number of carbonyl (C=O) groups excluding carboxylic acids is 1. The topological polar surface area (TPSA) is 65.8 Å². The molecule has 0 spiro atoms. The van der Waals surface area contributed by atoms with Crippen molar-refractivity contribution in [1.82, 2.24) is 10.3 Å². The van der Waals surface area contributed by atoms with Crippen molar-refractivity contribution in [3.8, 4) is 6.07 Å². The lowest BCUT2D eigenvalue weighted by atomic mass is 9.91. The van der Waals surface area contributed by atoms with E-state index in [4.69, 9.17) is 0 Å². The molecule has 0 unspecified atom stereocenters. The molecule has 19 heavy (non-hydrogen) atoms. The molecule has 1 N–H and O–H groups in total. The number of aryl methyl sites for hydroxylation is 1. The minimum atomic E-state index is -0.699. The van der Waals surface area contributed by atoms with Crippen molar-refractivity contribution in [2.75, 3.05) is 0 Å². The molecule has 1 aliphatic carbocycles. The van der Waals surface area contributed by atoms with Crippen LogP contribution in [0, 0.1) is 18.3 Å². The Hall–Kier alpha value is -1.89. The fourth-order valence-corrected chi connectivity index (χ4v) is 2.58. The maximum Gasteiger partial charge on any atom is 0.254 e. The molecule has 1 amide bonds. The SMILES string of the molecule is Cc1ccncc1C(=O)NC1(C#N)CCCCCC1. The van der Waals surface area contributed by atoms with Crippen LogP contribution in [0.2, 0.25) is 0 Å². The van der Waals surface area contributed by atoms with Gasteiger partial charge in [0.25, 0.3) is 5.91 Å². The van der Waals surface area contributed by atoms with E-state index in [1.165, 1.54) is 0 Å². The van der Waals surface area contributed by atoms with Gasteiger partial charge in [0.1, 0.15) is 5.54 Å². The van der Waals surface area contributed by atoms with Gasteiger partial charge < -0.3 is 5.32 Å². The highest BCUT2D eigenvalue weighted by atomic mass is 16.1. The Kier molecular flexibility index (Phi) is 4.16. The molecule has 4 nitrogen and oxygen atoms in total. The molecule has 0 aromatic carbocycles. The standard InChI is InChI=1S/C15H19N3O/c1-12-6-9-17-10-13(12)14(19)18-15(11-16)7-4-2-3-5-8-15/h6,9-10H,2-5,7-8H2,1H3,(H,18,19). The summed E-state index contributed by atoms with van der Waals surface area (Å²) in [6.07, 6.45) is 9.00. The Bertz CT molecular complexity index is 496. The maximum atomic E-state index is 12.3. The summed E-state index contributed by atoms with van der Waals surface area (Å²) in [5, 5.41) is 12.4. The van der Waals surface area contributed by atoms with Gasteiger partial charge in [0, 0.05) is 12.4 Å². The van der Waals surface area contributed by atoms with Crippen molar-refractivity contribution < 1.29 is 4.79 Å². The highest BCUT2D eigenvalue weighted by Gasteiger charge is 2.33. The van der Waals surface area contributed by atoms with Crippen LogP contribution in [0.3, 0.4) is 0 Å². The van der Waals surface area contributed by atoms with Crippen LogP contribution in [-0.2, 0) is 0 Å². The van der Waals surface area contributed by atoms with E-state index in [0.717, 1.165) is 44.1 Å². The lowest BCUT2D eigenvalue weighted by Gasteiger charge is -2.26. The number of hydrogen-bond donors (Lipinski definition) is 1. The van der Waals surface area contributed by atoms with Crippen LogP contribution < -0.4 is 5.32 Å². The number of carbonyl (C=O) groups is 1. The Morgan fingerprint density at radius 1 is 1.37 bits per heavy atom. The number of hydrogen-bond acceptors (Lipinski definition) is 3. The quantitative estimate of drug-likeness (QED) is 0.828. The van der Waals surface area contributed by atoms with E-state index < -0.39 is 5.54 Å². The van der Waals surface area contributed by atoms with Crippen molar-refractivity contribution in [3.05, 3.63) is 29.6 Å². The molecule has 1 fully saturated rings. The van der Waals surface area contributed by atoms with Gasteiger partial charge in [0.05, 0.1) is 11.6 Å². The van der Waals surface area contributed by atoms with E-state index in [9.17, 15) is 10.1 Å². The highest BCUT2D eigenvalue weighted by Crippen LogP contribution is 2.27. The van der Waals surface area contributed by atoms with Gasteiger partial charge in [-0.15, -0.1) is 0 Å². The summed E-state index contributed by atoms with van der Waals surface area (Å²) >= 11 is 0. The molecule has 1 aliphatic rings. The Morgan fingerprint density at radius 3 is 2.63 bits per heavy atom. The first kappa shape index (κ1) is 13.5. The van der Waals surface area contributed by atoms with Crippen LogP contribution in [0.1, 0.15) is 54.4 Å². The number of nitriles is 1. The molecule has 100 valence electrons. The summed E-state index contributed by atoms with van der Waals surface area (Å²) in [6.45, 7) is 1.88. The summed E-state index contributed by atoms with van der Waals surface area (Å²) in [4.78, 5) is 16.3. The van der Waals surface area contributed by atoms with Crippen LogP contribution in [0.25, 0.3) is 0 Å². The first-order chi connectivity index (χ1) is 9.17. The average Bonchev–Trinajstić information content (AvgIpc) is 2.65. The summed E-state index contributed by atoms with van der Waals surface area (Å²) in [5.41, 5.74) is 0.742. The normalized spacial score (nSPS) is 18.1. The van der Waals surface area contributed by atoms with Gasteiger partial charge in [-0.2, -0.15) is 5.26 Å². The minimum absolute atomic E-state index is 0.186. The molecule has 0 bridgehead atoms. The Balaban J connectivity index is 2.17. The van der Waals surface area contributed by atoms with Crippen LogP contribution >= 0.6 is 0 Å². The number of amides is 1. The third kappa shape index (κ3) is 3.11. The van der Waals surface area contributed by atoms with Crippen molar-refractivity contribution in [2.24, 2.45) is 0 Å². The van der Waals surface area contributed by atoms with Crippen molar-refractivity contribution >= 4 is 5.91 Å². The number of nitrogens with one attached hydrogen (secondary N) is 1. The van der Waals surface area contributed by atoms with Gasteiger partial charge >= 0.3 is 0 Å². The molecule has 1 aromatic heterocycles. The lowest BCUT2D eigenvalue weighted by molar-refractivity contribution is 0.0912. The van der Waals surface area contributed by atoms with Crippen molar-refractivity contribution in [2.45, 2.75) is 51.0 Å². The number of aromatic nitrogens is 1. The van der Waals surface area contributed by atoms with Crippen molar-refractivity contribution in [3.63, 3.8) is 0 Å². The van der Waals surface area contributed by atoms with E-state index in [2.05, 4.69) is 16.4 Å². The molecular formula is C15H19N3O. The van der Waals surface area contributed by atoms with Gasteiger partial charge in [-0.1, -0.05) is 25.7 Å². The van der Waals surface area contributed by atoms with Crippen LogP contribution in [0.15, 0.2) is 18.5 Å². The Labute approximate surface area is 113 Å². The number of nitrogens with zero attached hydrogens (tertiary/aromatic N) is 2. The molecular weight excluding hydrogens is 238 g/mol. The highest BCUT2D eigenvalue weighted by molar-refractivity contribution is 5.96. The first-order valence-electron chi connectivity index (χ1n) is 6.81. The third-order valence-corrected chi connectivity index (χ3v) is 3.81. The van der Waals surface area contributed by atoms with E-state index in [1.54, 1.807) is 18.5 Å². The largest absolute Gasteiger partial charge is 0.334 e. The van der Waals surface area contributed by atoms with E-state index in [-0.39, 0.29) is 5.91 Å². The summed E-state index contributed by atoms with van der Waals surface area (Å²) in [7, 11) is 0. The molecule has 0 aliphatic heterocycles. The smallest absolute Gasteiger partial charge is 0.254 e. The van der Waals surface area contributed by atoms with E-state index >= 15 is 0 Å². The first-order valence-corrected chi connectivity index (χ1v) is 6.81.